The molecule has 116 valence electrons. The van der Waals surface area contributed by atoms with Crippen molar-refractivity contribution in [1.82, 2.24) is 9.21 Å². The lowest BCUT2D eigenvalue weighted by atomic mass is 10.1. The molecule has 5 nitrogen and oxygen atoms in total. The summed E-state index contributed by atoms with van der Waals surface area (Å²) in [6.45, 7) is 4.30. The van der Waals surface area contributed by atoms with E-state index in [0.717, 1.165) is 25.9 Å². The molecule has 2 saturated heterocycles. The maximum Gasteiger partial charge on any atom is 0.246 e. The van der Waals surface area contributed by atoms with E-state index in [-0.39, 0.29) is 21.6 Å². The van der Waals surface area contributed by atoms with Gasteiger partial charge in [0, 0.05) is 25.2 Å². The first-order valence-corrected chi connectivity index (χ1v) is 9.03. The van der Waals surface area contributed by atoms with E-state index in [1.165, 1.54) is 0 Å². The summed E-state index contributed by atoms with van der Waals surface area (Å²) < 4.78 is 27.5. The second kappa shape index (κ2) is 5.43. The molecule has 0 bridgehead atoms. The van der Waals surface area contributed by atoms with E-state index in [2.05, 4.69) is 4.90 Å². The van der Waals surface area contributed by atoms with Crippen LogP contribution in [0.15, 0.2) is 23.1 Å². The van der Waals surface area contributed by atoms with E-state index in [4.69, 9.17) is 17.3 Å². The Morgan fingerprint density at radius 2 is 2.10 bits per heavy atom. The fourth-order valence-corrected chi connectivity index (χ4v) is 5.71. The summed E-state index contributed by atoms with van der Waals surface area (Å²) in [5.41, 5.74) is 6.08. The highest BCUT2D eigenvalue weighted by molar-refractivity contribution is 7.89. The Hall–Kier alpha value is -0.820. The molecule has 0 aromatic heterocycles. The van der Waals surface area contributed by atoms with Gasteiger partial charge >= 0.3 is 0 Å². The van der Waals surface area contributed by atoms with Gasteiger partial charge in [0.2, 0.25) is 10.0 Å². The monoisotopic (exact) mass is 329 g/mol. The van der Waals surface area contributed by atoms with Crippen LogP contribution < -0.4 is 5.73 Å². The van der Waals surface area contributed by atoms with Gasteiger partial charge in [-0.2, -0.15) is 4.31 Å². The lowest BCUT2D eigenvalue weighted by Crippen LogP contribution is -2.56. The molecule has 0 amide bonds. The molecule has 1 aromatic rings. The zero-order valence-electron chi connectivity index (χ0n) is 12.0. The van der Waals surface area contributed by atoms with Crippen LogP contribution in [0.1, 0.15) is 19.8 Å². The highest BCUT2D eigenvalue weighted by atomic mass is 35.5. The van der Waals surface area contributed by atoms with Crippen LogP contribution in [0, 0.1) is 0 Å². The minimum Gasteiger partial charge on any atom is -0.398 e. The van der Waals surface area contributed by atoms with Crippen LogP contribution in [-0.4, -0.2) is 49.3 Å². The van der Waals surface area contributed by atoms with Crippen molar-refractivity contribution in [3.05, 3.63) is 23.2 Å². The van der Waals surface area contributed by atoms with Crippen molar-refractivity contribution in [2.45, 2.75) is 36.7 Å². The van der Waals surface area contributed by atoms with Crippen LogP contribution in [0.3, 0.4) is 0 Å². The van der Waals surface area contributed by atoms with Crippen molar-refractivity contribution in [2.75, 3.05) is 25.4 Å². The van der Waals surface area contributed by atoms with Gasteiger partial charge in [-0.25, -0.2) is 8.42 Å². The molecule has 2 unspecified atom stereocenters. The van der Waals surface area contributed by atoms with Crippen LogP contribution in [0.2, 0.25) is 5.02 Å². The molecule has 2 atom stereocenters. The van der Waals surface area contributed by atoms with Gasteiger partial charge in [-0.05, 0) is 38.4 Å². The van der Waals surface area contributed by atoms with E-state index < -0.39 is 10.0 Å². The third-order valence-corrected chi connectivity index (χ3v) is 6.97. The fourth-order valence-electron chi connectivity index (χ4n) is 3.41. The van der Waals surface area contributed by atoms with Crippen molar-refractivity contribution >= 4 is 27.3 Å². The second-order valence-corrected chi connectivity index (χ2v) is 8.11. The van der Waals surface area contributed by atoms with Crippen molar-refractivity contribution < 1.29 is 8.42 Å². The van der Waals surface area contributed by atoms with Crippen LogP contribution >= 0.6 is 11.6 Å². The average molecular weight is 330 g/mol. The number of fused-ring (bicyclic) bond motifs is 1. The van der Waals surface area contributed by atoms with Crippen molar-refractivity contribution in [3.63, 3.8) is 0 Å². The number of piperazine rings is 1. The van der Waals surface area contributed by atoms with Crippen molar-refractivity contribution in [2.24, 2.45) is 0 Å². The minimum absolute atomic E-state index is 0.0463. The molecule has 0 saturated carbocycles. The summed E-state index contributed by atoms with van der Waals surface area (Å²) in [5, 5.41) is 0.191. The largest absolute Gasteiger partial charge is 0.398 e. The first-order chi connectivity index (χ1) is 9.91. The Labute approximate surface area is 130 Å². The number of nitrogens with two attached hydrogens (primary N) is 1. The third-order valence-electron chi connectivity index (χ3n) is 4.44. The lowest BCUT2D eigenvalue weighted by Gasteiger charge is -2.41. The molecule has 2 N–H and O–H groups in total. The van der Waals surface area contributed by atoms with Gasteiger partial charge < -0.3 is 5.73 Å². The second-order valence-electron chi connectivity index (χ2n) is 5.87. The summed E-state index contributed by atoms with van der Waals surface area (Å²) >= 11 is 6.10. The normalized spacial score (nSPS) is 27.7. The van der Waals surface area contributed by atoms with Gasteiger partial charge in [-0.3, -0.25) is 4.90 Å². The zero-order valence-corrected chi connectivity index (χ0v) is 13.6. The highest BCUT2D eigenvalue weighted by Gasteiger charge is 2.41. The summed E-state index contributed by atoms with van der Waals surface area (Å²) in [4.78, 5) is 2.43. The van der Waals surface area contributed by atoms with E-state index >= 15 is 0 Å². The molecule has 0 spiro atoms. The topological polar surface area (TPSA) is 66.6 Å². The minimum atomic E-state index is -3.66. The smallest absolute Gasteiger partial charge is 0.246 e. The molecule has 2 heterocycles. The molecule has 0 aliphatic carbocycles. The molecule has 21 heavy (non-hydrogen) atoms. The van der Waals surface area contributed by atoms with Crippen LogP contribution in [0.4, 0.5) is 5.69 Å². The number of rotatable bonds is 2. The lowest BCUT2D eigenvalue weighted by molar-refractivity contribution is 0.117. The van der Waals surface area contributed by atoms with Crippen LogP contribution in [0.25, 0.3) is 0 Å². The van der Waals surface area contributed by atoms with Gasteiger partial charge in [-0.1, -0.05) is 17.7 Å². The van der Waals surface area contributed by atoms with E-state index in [1.54, 1.807) is 22.5 Å². The summed E-state index contributed by atoms with van der Waals surface area (Å²) in [5.74, 6) is 0. The molecule has 1 aromatic carbocycles. The first kappa shape index (κ1) is 15.1. The number of benzene rings is 1. The zero-order chi connectivity index (χ0) is 15.2. The first-order valence-electron chi connectivity index (χ1n) is 7.21. The Morgan fingerprint density at radius 3 is 2.81 bits per heavy atom. The highest BCUT2D eigenvalue weighted by Crippen LogP contribution is 2.34. The Kier molecular flexibility index (Phi) is 3.90. The number of anilines is 1. The Morgan fingerprint density at radius 1 is 1.33 bits per heavy atom. The number of nitrogens with zero attached hydrogens (tertiary/aromatic N) is 2. The molecule has 0 radical (unpaired) electrons. The SMILES string of the molecule is CC1CN2CCCC2CN1S(=O)(=O)c1c(N)cccc1Cl. The van der Waals surface area contributed by atoms with Gasteiger partial charge in [0.05, 0.1) is 10.7 Å². The fraction of sp³-hybridized carbons (Fsp3) is 0.571. The quantitative estimate of drug-likeness (QED) is 0.840. The molecule has 2 fully saturated rings. The summed E-state index contributed by atoms with van der Waals surface area (Å²) in [6.07, 6.45) is 2.19. The van der Waals surface area contributed by atoms with Gasteiger partial charge in [0.15, 0.2) is 0 Å². The molecular formula is C14H20ClN3O2S. The van der Waals surface area contributed by atoms with Gasteiger partial charge in [-0.15, -0.1) is 0 Å². The predicted molar refractivity (Wildman–Crippen MR) is 83.8 cm³/mol. The number of halogens is 1. The van der Waals surface area contributed by atoms with Crippen molar-refractivity contribution in [1.29, 1.82) is 0 Å². The van der Waals surface area contributed by atoms with E-state index in [0.29, 0.717) is 12.6 Å². The summed E-state index contributed by atoms with van der Waals surface area (Å²) in [7, 11) is -3.66. The molecule has 3 rings (SSSR count). The average Bonchev–Trinajstić information content (AvgIpc) is 2.84. The third kappa shape index (κ3) is 2.54. The number of sulfonamides is 1. The Balaban J connectivity index is 1.98. The van der Waals surface area contributed by atoms with Gasteiger partial charge in [0.25, 0.3) is 0 Å². The molecule has 2 aliphatic heterocycles. The van der Waals surface area contributed by atoms with Crippen LogP contribution in [0.5, 0.6) is 0 Å². The Bertz CT molecular complexity index is 629. The number of hydrogen-bond acceptors (Lipinski definition) is 4. The van der Waals surface area contributed by atoms with E-state index in [9.17, 15) is 8.42 Å². The number of hydrogen-bond donors (Lipinski definition) is 1. The maximum atomic E-state index is 13.0. The predicted octanol–water partition coefficient (Wildman–Crippen LogP) is 1.78. The summed E-state index contributed by atoms with van der Waals surface area (Å²) in [6, 6.07) is 5.06. The van der Waals surface area contributed by atoms with E-state index in [1.807, 2.05) is 6.92 Å². The number of nitrogen functional groups attached to an aromatic ring is 1. The van der Waals surface area contributed by atoms with Crippen LogP contribution in [-0.2, 0) is 10.0 Å². The van der Waals surface area contributed by atoms with Crippen molar-refractivity contribution in [3.8, 4) is 0 Å². The molecule has 2 aliphatic rings. The van der Waals surface area contributed by atoms with Gasteiger partial charge in [0.1, 0.15) is 4.90 Å². The maximum absolute atomic E-state index is 13.0. The molecular weight excluding hydrogens is 310 g/mol. The molecule has 7 heteroatoms. The standard InChI is InChI=1S/C14H20ClN3O2S/c1-10-8-17-7-3-4-11(17)9-18(10)21(19,20)14-12(15)5-2-6-13(14)16/h2,5-6,10-11H,3-4,7-9,16H2,1H3.